The van der Waals surface area contributed by atoms with Gasteiger partial charge in [0.2, 0.25) is 0 Å². The van der Waals surface area contributed by atoms with Crippen LogP contribution in [0.1, 0.15) is 0 Å². The highest BCUT2D eigenvalue weighted by Crippen LogP contribution is 1.88. The molecule has 0 aromatic heterocycles. The molecule has 41 valence electrons. The Balaban J connectivity index is 3.34. The third-order valence-corrected chi connectivity index (χ3v) is 0.924. The molecule has 7 heavy (non-hydrogen) atoms. The molecule has 0 rings (SSSR count). The number of carbonyl (C=O) groups excluding carboxylic acids is 1. The largest absolute Gasteiger partial charge is 0.332 e. The Kier molecular flexibility index (Phi) is 2.76. The Morgan fingerprint density at radius 2 is 2.43 bits per heavy atom. The van der Waals surface area contributed by atoms with Gasteiger partial charge in [-0.3, -0.25) is 4.79 Å². The maximum atomic E-state index is 10.0. The first kappa shape index (κ1) is 6.76. The van der Waals surface area contributed by atoms with E-state index in [0.717, 1.165) is 0 Å². The van der Waals surface area contributed by atoms with Gasteiger partial charge in [-0.2, -0.15) is 0 Å². The van der Waals surface area contributed by atoms with Crippen molar-refractivity contribution in [3.05, 3.63) is 6.92 Å². The highest BCUT2D eigenvalue weighted by molar-refractivity contribution is 6.62. The minimum Gasteiger partial charge on any atom is -0.332 e. The minimum absolute atomic E-state index is 0.419. The molecule has 0 saturated carbocycles. The number of nitrogens with zero attached hydrogens (tertiary/aromatic N) is 1. The third kappa shape index (κ3) is 2.45. The molecule has 1 radical (unpaired) electrons. The number of hydrogen-bond acceptors (Lipinski definition) is 1. The second-order valence-corrected chi connectivity index (χ2v) is 1.50. The van der Waals surface area contributed by atoms with Crippen molar-refractivity contribution in [2.75, 3.05) is 13.6 Å². The highest BCUT2D eigenvalue weighted by Gasteiger charge is 1.97. The van der Waals surface area contributed by atoms with Gasteiger partial charge in [0.15, 0.2) is 0 Å². The van der Waals surface area contributed by atoms with Crippen LogP contribution in [0.5, 0.6) is 0 Å². The third-order valence-electron chi connectivity index (χ3n) is 0.636. The summed E-state index contributed by atoms with van der Waals surface area (Å²) in [6, 6.07) is 0. The number of carbonyl (C=O) groups is 1. The molecule has 2 nitrogen and oxygen atoms in total. The maximum Gasteiger partial charge on any atom is 0.316 e. The summed E-state index contributed by atoms with van der Waals surface area (Å²) in [5.41, 5.74) is 0. The summed E-state index contributed by atoms with van der Waals surface area (Å²) in [4.78, 5) is 11.3. The van der Waals surface area contributed by atoms with Crippen LogP contribution < -0.4 is 0 Å². The quantitative estimate of drug-likeness (QED) is 0.375. The molecule has 0 spiro atoms. The van der Waals surface area contributed by atoms with Gasteiger partial charge in [0.1, 0.15) is 0 Å². The zero-order valence-electron chi connectivity index (χ0n) is 4.15. The van der Waals surface area contributed by atoms with Gasteiger partial charge in [-0.1, -0.05) is 0 Å². The molecular formula is C4H7ClNO. The van der Waals surface area contributed by atoms with E-state index in [1.54, 1.807) is 7.05 Å². The topological polar surface area (TPSA) is 20.3 Å². The van der Waals surface area contributed by atoms with Crippen LogP contribution in [0.2, 0.25) is 0 Å². The summed E-state index contributed by atoms with van der Waals surface area (Å²) in [5, 5.41) is -0.463. The number of amides is 1. The molecule has 1 amide bonds. The lowest BCUT2D eigenvalue weighted by Crippen LogP contribution is -2.19. The van der Waals surface area contributed by atoms with Gasteiger partial charge in [-0.15, -0.1) is 0 Å². The smallest absolute Gasteiger partial charge is 0.316 e. The predicted molar refractivity (Wildman–Crippen MR) is 29.2 cm³/mol. The van der Waals surface area contributed by atoms with Crippen LogP contribution in [-0.4, -0.2) is 23.9 Å². The lowest BCUT2D eigenvalue weighted by atomic mass is 10.7. The van der Waals surface area contributed by atoms with E-state index in [4.69, 9.17) is 11.6 Å². The standard InChI is InChI=1S/C4H7ClNO/c1-3-6(2)4(5)7/h1,3H2,2H3. The van der Waals surface area contributed by atoms with E-state index in [-0.39, 0.29) is 0 Å². The molecule has 0 unspecified atom stereocenters. The van der Waals surface area contributed by atoms with Crippen molar-refractivity contribution in [1.82, 2.24) is 4.90 Å². The Labute approximate surface area is 48.1 Å². The van der Waals surface area contributed by atoms with Gasteiger partial charge in [-0.25, -0.2) is 0 Å². The van der Waals surface area contributed by atoms with Gasteiger partial charge < -0.3 is 4.90 Å². The van der Waals surface area contributed by atoms with Crippen molar-refractivity contribution in [2.24, 2.45) is 0 Å². The SMILES string of the molecule is [CH2]CN(C)C(=O)Cl. The van der Waals surface area contributed by atoms with Crippen LogP contribution in [-0.2, 0) is 0 Å². The highest BCUT2D eigenvalue weighted by atomic mass is 35.5. The Morgan fingerprint density at radius 3 is 2.43 bits per heavy atom. The van der Waals surface area contributed by atoms with Crippen molar-refractivity contribution >= 4 is 17.0 Å². The first-order chi connectivity index (χ1) is 3.18. The van der Waals surface area contributed by atoms with E-state index in [1.807, 2.05) is 0 Å². The molecule has 0 aliphatic heterocycles. The first-order valence-electron chi connectivity index (χ1n) is 1.88. The summed E-state index contributed by atoms with van der Waals surface area (Å²) < 4.78 is 0. The minimum atomic E-state index is -0.463. The fraction of sp³-hybridized carbons (Fsp3) is 0.500. The number of rotatable bonds is 1. The normalized spacial score (nSPS) is 8.43. The summed E-state index contributed by atoms with van der Waals surface area (Å²) in [6.45, 7) is 3.85. The first-order valence-corrected chi connectivity index (χ1v) is 2.26. The van der Waals surface area contributed by atoms with Gasteiger partial charge >= 0.3 is 5.37 Å². The average Bonchev–Trinajstić information content (AvgIpc) is 1.65. The zero-order chi connectivity index (χ0) is 5.86. The lowest BCUT2D eigenvalue weighted by Gasteiger charge is -2.06. The fourth-order valence-corrected chi connectivity index (χ4v) is 0.172. The molecule has 3 heteroatoms. The Morgan fingerprint density at radius 1 is 2.00 bits per heavy atom. The molecule has 0 saturated heterocycles. The molecule has 0 heterocycles. The maximum absolute atomic E-state index is 10.0. The van der Waals surface area contributed by atoms with Crippen molar-refractivity contribution in [1.29, 1.82) is 0 Å². The van der Waals surface area contributed by atoms with Crippen LogP contribution in [0.4, 0.5) is 4.79 Å². The van der Waals surface area contributed by atoms with Gasteiger partial charge in [-0.05, 0) is 18.5 Å². The van der Waals surface area contributed by atoms with E-state index in [2.05, 4.69) is 6.92 Å². The second kappa shape index (κ2) is 2.86. The van der Waals surface area contributed by atoms with Crippen LogP contribution in [0, 0.1) is 6.92 Å². The van der Waals surface area contributed by atoms with E-state index < -0.39 is 5.37 Å². The van der Waals surface area contributed by atoms with Crippen molar-refractivity contribution < 1.29 is 4.79 Å². The second-order valence-electron chi connectivity index (χ2n) is 1.17. The van der Waals surface area contributed by atoms with E-state index >= 15 is 0 Å². The van der Waals surface area contributed by atoms with Crippen LogP contribution in [0.25, 0.3) is 0 Å². The molecule has 0 N–H and O–H groups in total. The molecule has 0 aromatic rings. The lowest BCUT2D eigenvalue weighted by molar-refractivity contribution is 0.236. The molecule has 0 aliphatic carbocycles. The summed E-state index contributed by atoms with van der Waals surface area (Å²) in [6.07, 6.45) is 0. The van der Waals surface area contributed by atoms with Gasteiger partial charge in [0.25, 0.3) is 0 Å². The van der Waals surface area contributed by atoms with Crippen molar-refractivity contribution in [3.63, 3.8) is 0 Å². The van der Waals surface area contributed by atoms with Gasteiger partial charge in [0.05, 0.1) is 0 Å². The molecule has 0 aromatic carbocycles. The summed E-state index contributed by atoms with van der Waals surface area (Å²) >= 11 is 4.98. The summed E-state index contributed by atoms with van der Waals surface area (Å²) in [7, 11) is 1.59. The van der Waals surface area contributed by atoms with Crippen molar-refractivity contribution in [3.8, 4) is 0 Å². The monoisotopic (exact) mass is 120 g/mol. The number of halogens is 1. The van der Waals surface area contributed by atoms with Gasteiger partial charge in [0, 0.05) is 13.6 Å². The molecule has 0 atom stereocenters. The number of hydrogen-bond donors (Lipinski definition) is 0. The van der Waals surface area contributed by atoms with Crippen LogP contribution in [0.3, 0.4) is 0 Å². The Hall–Kier alpha value is -0.240. The van der Waals surface area contributed by atoms with E-state index in [0.29, 0.717) is 6.54 Å². The van der Waals surface area contributed by atoms with Crippen LogP contribution >= 0.6 is 11.6 Å². The molecular weight excluding hydrogens is 114 g/mol. The zero-order valence-corrected chi connectivity index (χ0v) is 4.90. The predicted octanol–water partition coefficient (Wildman–Crippen LogP) is 1.11. The van der Waals surface area contributed by atoms with E-state index in [1.165, 1.54) is 4.90 Å². The average molecular weight is 121 g/mol. The van der Waals surface area contributed by atoms with Crippen molar-refractivity contribution in [2.45, 2.75) is 0 Å². The van der Waals surface area contributed by atoms with Crippen LogP contribution in [0.15, 0.2) is 0 Å². The summed E-state index contributed by atoms with van der Waals surface area (Å²) in [5.74, 6) is 0. The fourth-order valence-electron chi connectivity index (χ4n) is 0.0879. The Bertz CT molecular complexity index is 74.1. The van der Waals surface area contributed by atoms with E-state index in [9.17, 15) is 4.79 Å². The molecule has 0 aliphatic rings. The molecule has 0 fully saturated rings. The molecule has 0 bridgehead atoms.